The van der Waals surface area contributed by atoms with E-state index in [1.807, 2.05) is 18.2 Å². The van der Waals surface area contributed by atoms with E-state index in [1.54, 1.807) is 7.11 Å². The molecular weight excluding hydrogens is 230 g/mol. The number of pyridine rings is 1. The fourth-order valence-corrected chi connectivity index (χ4v) is 2.45. The van der Waals surface area contributed by atoms with Gasteiger partial charge in [-0.3, -0.25) is 4.79 Å². The molecule has 0 aliphatic carbocycles. The average molecular weight is 245 g/mol. The highest BCUT2D eigenvalue weighted by molar-refractivity contribution is 5.82. The molecule has 1 N–H and O–H groups in total. The largest absolute Gasteiger partial charge is 0.380 e. The lowest BCUT2D eigenvalue weighted by molar-refractivity contribution is 0.108. The molecule has 1 aliphatic heterocycles. The average Bonchev–Trinajstić information content (AvgIpc) is 2.40. The summed E-state index contributed by atoms with van der Waals surface area (Å²) in [6.07, 6.45) is 0.766. The third-order valence-corrected chi connectivity index (χ3v) is 3.35. The molecule has 94 valence electrons. The molecule has 0 saturated heterocycles. The SMILES string of the molecule is COCc1cccc2c(=O)c3c([nH]c12)CCOC3. The van der Waals surface area contributed by atoms with Crippen molar-refractivity contribution in [2.24, 2.45) is 0 Å². The van der Waals surface area contributed by atoms with E-state index in [2.05, 4.69) is 4.98 Å². The zero-order valence-electron chi connectivity index (χ0n) is 10.3. The minimum Gasteiger partial charge on any atom is -0.380 e. The quantitative estimate of drug-likeness (QED) is 0.877. The number of rotatable bonds is 2. The van der Waals surface area contributed by atoms with E-state index in [1.165, 1.54) is 0 Å². The Kier molecular flexibility index (Phi) is 2.89. The molecule has 1 aromatic heterocycles. The predicted molar refractivity (Wildman–Crippen MR) is 68.6 cm³/mol. The van der Waals surface area contributed by atoms with Crippen molar-refractivity contribution in [1.29, 1.82) is 0 Å². The van der Waals surface area contributed by atoms with E-state index in [0.29, 0.717) is 25.2 Å². The number of fused-ring (bicyclic) bond motifs is 2. The maximum absolute atomic E-state index is 12.4. The van der Waals surface area contributed by atoms with Crippen LogP contribution >= 0.6 is 0 Å². The van der Waals surface area contributed by atoms with Crippen molar-refractivity contribution >= 4 is 10.9 Å². The normalized spacial score (nSPS) is 14.7. The van der Waals surface area contributed by atoms with E-state index < -0.39 is 0 Å². The summed E-state index contributed by atoms with van der Waals surface area (Å²) in [6, 6.07) is 5.72. The van der Waals surface area contributed by atoms with Crippen LogP contribution in [0, 0.1) is 0 Å². The van der Waals surface area contributed by atoms with Gasteiger partial charge in [0.15, 0.2) is 5.43 Å². The van der Waals surface area contributed by atoms with Crippen LogP contribution < -0.4 is 5.43 Å². The Morgan fingerprint density at radius 3 is 3.17 bits per heavy atom. The van der Waals surface area contributed by atoms with Gasteiger partial charge in [0.1, 0.15) is 0 Å². The highest BCUT2D eigenvalue weighted by Gasteiger charge is 2.16. The van der Waals surface area contributed by atoms with E-state index in [9.17, 15) is 4.79 Å². The number of aromatic nitrogens is 1. The van der Waals surface area contributed by atoms with Gasteiger partial charge in [0.25, 0.3) is 0 Å². The third-order valence-electron chi connectivity index (χ3n) is 3.35. The Labute approximate surface area is 105 Å². The standard InChI is InChI=1S/C14H15NO3/c1-17-7-9-3-2-4-10-13(9)15-12-5-6-18-8-11(12)14(10)16/h2-4H,5-8H2,1H3,(H,15,16). The van der Waals surface area contributed by atoms with Gasteiger partial charge in [0.2, 0.25) is 0 Å². The van der Waals surface area contributed by atoms with Crippen LogP contribution in [-0.2, 0) is 29.1 Å². The summed E-state index contributed by atoms with van der Waals surface area (Å²) in [7, 11) is 1.66. The van der Waals surface area contributed by atoms with Gasteiger partial charge in [0, 0.05) is 35.7 Å². The summed E-state index contributed by atoms with van der Waals surface area (Å²) < 4.78 is 10.5. The summed E-state index contributed by atoms with van der Waals surface area (Å²) >= 11 is 0. The molecule has 2 heterocycles. The van der Waals surface area contributed by atoms with Crippen molar-refractivity contribution in [3.63, 3.8) is 0 Å². The molecule has 3 rings (SSSR count). The molecule has 2 aromatic rings. The first-order chi connectivity index (χ1) is 8.81. The van der Waals surface area contributed by atoms with Crippen molar-refractivity contribution < 1.29 is 9.47 Å². The molecule has 1 aromatic carbocycles. The van der Waals surface area contributed by atoms with Gasteiger partial charge in [-0.25, -0.2) is 0 Å². The van der Waals surface area contributed by atoms with E-state index in [-0.39, 0.29) is 5.43 Å². The number of H-pyrrole nitrogens is 1. The zero-order valence-corrected chi connectivity index (χ0v) is 10.3. The number of hydrogen-bond donors (Lipinski definition) is 1. The smallest absolute Gasteiger partial charge is 0.195 e. The summed E-state index contributed by atoms with van der Waals surface area (Å²) in [4.78, 5) is 15.8. The van der Waals surface area contributed by atoms with Crippen molar-refractivity contribution in [3.05, 3.63) is 45.2 Å². The molecule has 0 fully saturated rings. The first-order valence-corrected chi connectivity index (χ1v) is 6.03. The second-order valence-electron chi connectivity index (χ2n) is 4.49. The predicted octanol–water partition coefficient (Wildman–Crippen LogP) is 1.75. The monoisotopic (exact) mass is 245 g/mol. The van der Waals surface area contributed by atoms with Crippen LogP contribution in [0.1, 0.15) is 16.8 Å². The molecule has 0 bridgehead atoms. The Hall–Kier alpha value is -1.65. The Morgan fingerprint density at radius 2 is 2.33 bits per heavy atom. The number of para-hydroxylation sites is 1. The maximum atomic E-state index is 12.4. The first kappa shape index (κ1) is 11.4. The van der Waals surface area contributed by atoms with Gasteiger partial charge in [-0.15, -0.1) is 0 Å². The number of hydrogen-bond acceptors (Lipinski definition) is 3. The van der Waals surface area contributed by atoms with Gasteiger partial charge in [-0.2, -0.15) is 0 Å². The topological polar surface area (TPSA) is 51.3 Å². The summed E-state index contributed by atoms with van der Waals surface area (Å²) in [5.41, 5.74) is 3.76. The summed E-state index contributed by atoms with van der Waals surface area (Å²) in [5.74, 6) is 0. The molecule has 18 heavy (non-hydrogen) atoms. The fraction of sp³-hybridized carbons (Fsp3) is 0.357. The van der Waals surface area contributed by atoms with Crippen molar-refractivity contribution in [1.82, 2.24) is 4.98 Å². The fourth-order valence-electron chi connectivity index (χ4n) is 2.45. The lowest BCUT2D eigenvalue weighted by Gasteiger charge is -2.17. The van der Waals surface area contributed by atoms with Crippen molar-refractivity contribution in [3.8, 4) is 0 Å². The minimum atomic E-state index is 0.0800. The second-order valence-corrected chi connectivity index (χ2v) is 4.49. The number of ether oxygens (including phenoxy) is 2. The molecule has 0 amide bonds. The van der Waals surface area contributed by atoms with Crippen LogP contribution in [0.4, 0.5) is 0 Å². The first-order valence-electron chi connectivity index (χ1n) is 6.03. The van der Waals surface area contributed by atoms with Crippen LogP contribution in [0.15, 0.2) is 23.0 Å². The molecule has 0 spiro atoms. The molecule has 4 nitrogen and oxygen atoms in total. The van der Waals surface area contributed by atoms with E-state index in [4.69, 9.17) is 9.47 Å². The van der Waals surface area contributed by atoms with Gasteiger partial charge < -0.3 is 14.5 Å². The highest BCUT2D eigenvalue weighted by atomic mass is 16.5. The molecule has 0 saturated carbocycles. The van der Waals surface area contributed by atoms with Crippen LogP contribution in [0.25, 0.3) is 10.9 Å². The van der Waals surface area contributed by atoms with Crippen LogP contribution in [0.2, 0.25) is 0 Å². The second kappa shape index (κ2) is 4.55. The Morgan fingerprint density at radius 1 is 1.44 bits per heavy atom. The molecule has 1 aliphatic rings. The van der Waals surface area contributed by atoms with Gasteiger partial charge >= 0.3 is 0 Å². The molecular formula is C14H15NO3. The third kappa shape index (κ3) is 1.74. The van der Waals surface area contributed by atoms with E-state index in [0.717, 1.165) is 28.8 Å². The van der Waals surface area contributed by atoms with Gasteiger partial charge in [-0.05, 0) is 6.07 Å². The maximum Gasteiger partial charge on any atom is 0.195 e. The van der Waals surface area contributed by atoms with Gasteiger partial charge in [0.05, 0.1) is 25.3 Å². The minimum absolute atomic E-state index is 0.0800. The van der Waals surface area contributed by atoms with Crippen LogP contribution in [0.5, 0.6) is 0 Å². The van der Waals surface area contributed by atoms with Crippen molar-refractivity contribution in [2.75, 3.05) is 13.7 Å². The number of methoxy groups -OCH3 is 1. The lowest BCUT2D eigenvalue weighted by atomic mass is 10.0. The van der Waals surface area contributed by atoms with Crippen LogP contribution in [0.3, 0.4) is 0 Å². The number of aromatic amines is 1. The molecule has 0 radical (unpaired) electrons. The molecule has 4 heteroatoms. The Bertz CT molecular complexity index is 645. The molecule has 0 unspecified atom stereocenters. The number of benzene rings is 1. The summed E-state index contributed by atoms with van der Waals surface area (Å²) in [6.45, 7) is 1.58. The zero-order chi connectivity index (χ0) is 12.5. The summed E-state index contributed by atoms with van der Waals surface area (Å²) in [5, 5.41) is 0.716. The van der Waals surface area contributed by atoms with Crippen LogP contribution in [-0.4, -0.2) is 18.7 Å². The van der Waals surface area contributed by atoms with Crippen molar-refractivity contribution in [2.45, 2.75) is 19.6 Å². The van der Waals surface area contributed by atoms with E-state index >= 15 is 0 Å². The number of nitrogens with one attached hydrogen (secondary N) is 1. The molecule has 0 atom stereocenters. The highest BCUT2D eigenvalue weighted by Crippen LogP contribution is 2.19. The lowest BCUT2D eigenvalue weighted by Crippen LogP contribution is -2.22. The van der Waals surface area contributed by atoms with Gasteiger partial charge in [-0.1, -0.05) is 12.1 Å². The Balaban J connectivity index is 2.31.